The minimum absolute atomic E-state index is 0.316. The number of aromatic amines is 2. The van der Waals surface area contributed by atoms with Crippen molar-refractivity contribution in [1.82, 2.24) is 25.4 Å². The fourth-order valence-electron chi connectivity index (χ4n) is 2.41. The molecule has 1 aromatic carbocycles. The highest BCUT2D eigenvalue weighted by Crippen LogP contribution is 2.24. The Morgan fingerprint density at radius 3 is 2.78 bits per heavy atom. The summed E-state index contributed by atoms with van der Waals surface area (Å²) in [6, 6.07) is 13.0. The number of carbonyl (C=O) groups is 1. The molecule has 0 saturated carbocycles. The van der Waals surface area contributed by atoms with Gasteiger partial charge in [-0.25, -0.2) is 0 Å². The van der Waals surface area contributed by atoms with Crippen LogP contribution < -0.4 is 5.32 Å². The van der Waals surface area contributed by atoms with Crippen LogP contribution in [0.2, 0.25) is 0 Å². The predicted octanol–water partition coefficient (Wildman–Crippen LogP) is 2.60. The summed E-state index contributed by atoms with van der Waals surface area (Å²) in [5.41, 5.74) is 2.59. The molecule has 0 atom stereocenters. The number of para-hydroxylation sites is 1. The van der Waals surface area contributed by atoms with Crippen molar-refractivity contribution in [2.24, 2.45) is 0 Å². The van der Waals surface area contributed by atoms with Crippen LogP contribution in [-0.4, -0.2) is 31.3 Å². The highest BCUT2D eigenvalue weighted by molar-refractivity contribution is 6.11. The monoisotopic (exact) mass is 304 g/mol. The Balaban J connectivity index is 1.67. The summed E-state index contributed by atoms with van der Waals surface area (Å²) in [4.78, 5) is 16.8. The minimum atomic E-state index is -0.316. The molecule has 3 aromatic heterocycles. The van der Waals surface area contributed by atoms with Crippen molar-refractivity contribution in [2.75, 3.05) is 5.32 Å². The van der Waals surface area contributed by atoms with E-state index in [1.54, 1.807) is 12.4 Å². The number of carbonyl (C=O) groups excluding carboxylic acids is 1. The molecule has 7 nitrogen and oxygen atoms in total. The molecule has 0 aliphatic carbocycles. The Bertz CT molecular complexity index is 972. The third kappa shape index (κ3) is 2.34. The Hall–Kier alpha value is -3.48. The lowest BCUT2D eigenvalue weighted by atomic mass is 10.2. The van der Waals surface area contributed by atoms with Gasteiger partial charge in [0.25, 0.3) is 5.91 Å². The first-order chi connectivity index (χ1) is 11.3. The average Bonchev–Trinajstić information content (AvgIpc) is 3.22. The zero-order valence-corrected chi connectivity index (χ0v) is 11.9. The SMILES string of the molecule is O=C(Nc1[nH]ncc1-c1ccccn1)c1n[nH]c2ccccc12. The van der Waals surface area contributed by atoms with Gasteiger partial charge < -0.3 is 5.32 Å². The number of nitrogens with zero attached hydrogens (tertiary/aromatic N) is 3. The van der Waals surface area contributed by atoms with Crippen molar-refractivity contribution in [3.05, 3.63) is 60.6 Å². The summed E-state index contributed by atoms with van der Waals surface area (Å²) < 4.78 is 0. The largest absolute Gasteiger partial charge is 0.305 e. The van der Waals surface area contributed by atoms with Gasteiger partial charge in [-0.2, -0.15) is 10.2 Å². The number of nitrogens with one attached hydrogen (secondary N) is 3. The standard InChI is InChI=1S/C16H12N6O/c23-16(14-10-5-1-2-7-13(10)20-21-14)19-15-11(9-18-22-15)12-6-3-4-8-17-12/h1-9H,(H,20,21)(H2,18,19,22,23). The number of benzene rings is 1. The number of hydrogen-bond acceptors (Lipinski definition) is 4. The van der Waals surface area contributed by atoms with Gasteiger partial charge in [-0.15, -0.1) is 0 Å². The van der Waals surface area contributed by atoms with E-state index < -0.39 is 0 Å². The van der Waals surface area contributed by atoms with Crippen LogP contribution >= 0.6 is 0 Å². The van der Waals surface area contributed by atoms with Crippen LogP contribution in [0.5, 0.6) is 0 Å². The van der Waals surface area contributed by atoms with Crippen LogP contribution in [0.15, 0.2) is 54.9 Å². The van der Waals surface area contributed by atoms with Crippen molar-refractivity contribution in [1.29, 1.82) is 0 Å². The van der Waals surface area contributed by atoms with Gasteiger partial charge in [-0.1, -0.05) is 24.3 Å². The molecule has 0 bridgehead atoms. The molecule has 23 heavy (non-hydrogen) atoms. The summed E-state index contributed by atoms with van der Waals surface area (Å²) in [6.45, 7) is 0. The van der Waals surface area contributed by atoms with Crippen LogP contribution in [0.1, 0.15) is 10.5 Å². The van der Waals surface area contributed by atoms with Gasteiger partial charge >= 0.3 is 0 Å². The van der Waals surface area contributed by atoms with Gasteiger partial charge in [0, 0.05) is 11.6 Å². The van der Waals surface area contributed by atoms with E-state index in [1.165, 1.54) is 0 Å². The van der Waals surface area contributed by atoms with Gasteiger partial charge in [0.15, 0.2) is 5.69 Å². The van der Waals surface area contributed by atoms with Crippen LogP contribution in [0.3, 0.4) is 0 Å². The number of H-pyrrole nitrogens is 2. The molecule has 3 heterocycles. The van der Waals surface area contributed by atoms with Gasteiger partial charge in [-0.3, -0.25) is 20.0 Å². The summed E-state index contributed by atoms with van der Waals surface area (Å²) in [7, 11) is 0. The lowest BCUT2D eigenvalue weighted by molar-refractivity contribution is 0.102. The third-order valence-corrected chi connectivity index (χ3v) is 3.50. The quantitative estimate of drug-likeness (QED) is 0.541. The molecule has 1 amide bonds. The van der Waals surface area contributed by atoms with Crippen molar-refractivity contribution < 1.29 is 4.79 Å². The van der Waals surface area contributed by atoms with E-state index in [1.807, 2.05) is 42.5 Å². The molecule has 0 aliphatic rings. The predicted molar refractivity (Wildman–Crippen MR) is 85.9 cm³/mol. The summed E-state index contributed by atoms with van der Waals surface area (Å²) in [5, 5.41) is 17.3. The van der Waals surface area contributed by atoms with Crippen molar-refractivity contribution >= 4 is 22.6 Å². The Morgan fingerprint density at radius 2 is 1.91 bits per heavy atom. The average molecular weight is 304 g/mol. The molecule has 0 fully saturated rings. The van der Waals surface area contributed by atoms with E-state index in [0.29, 0.717) is 11.5 Å². The number of hydrogen-bond donors (Lipinski definition) is 3. The molecule has 0 unspecified atom stereocenters. The van der Waals surface area contributed by atoms with Crippen molar-refractivity contribution in [2.45, 2.75) is 0 Å². The highest BCUT2D eigenvalue weighted by atomic mass is 16.2. The first-order valence-electron chi connectivity index (χ1n) is 7.02. The molecule has 4 rings (SSSR count). The smallest absolute Gasteiger partial charge is 0.277 e. The number of pyridine rings is 1. The van der Waals surface area contributed by atoms with E-state index in [-0.39, 0.29) is 5.91 Å². The third-order valence-electron chi connectivity index (χ3n) is 3.50. The second-order valence-corrected chi connectivity index (χ2v) is 4.95. The second-order valence-electron chi connectivity index (χ2n) is 4.95. The molecule has 0 saturated heterocycles. The van der Waals surface area contributed by atoms with E-state index in [2.05, 4.69) is 30.7 Å². The zero-order valence-electron chi connectivity index (χ0n) is 11.9. The van der Waals surface area contributed by atoms with Crippen molar-refractivity contribution in [3.63, 3.8) is 0 Å². The molecule has 0 spiro atoms. The van der Waals surface area contributed by atoms with Gasteiger partial charge in [0.1, 0.15) is 5.82 Å². The molecule has 4 aromatic rings. The van der Waals surface area contributed by atoms with Gasteiger partial charge in [0.2, 0.25) is 0 Å². The van der Waals surface area contributed by atoms with E-state index >= 15 is 0 Å². The number of anilines is 1. The maximum absolute atomic E-state index is 12.5. The lowest BCUT2D eigenvalue weighted by Gasteiger charge is -2.04. The molecule has 3 N–H and O–H groups in total. The summed E-state index contributed by atoms with van der Waals surface area (Å²) >= 11 is 0. The topological polar surface area (TPSA) is 99.3 Å². The lowest BCUT2D eigenvalue weighted by Crippen LogP contribution is -2.13. The highest BCUT2D eigenvalue weighted by Gasteiger charge is 2.17. The Morgan fingerprint density at radius 1 is 1.04 bits per heavy atom. The van der Waals surface area contributed by atoms with Crippen LogP contribution in [0.4, 0.5) is 5.82 Å². The maximum atomic E-state index is 12.5. The number of fused-ring (bicyclic) bond motifs is 1. The number of aromatic nitrogens is 5. The second kappa shape index (κ2) is 5.38. The molecule has 0 aliphatic heterocycles. The van der Waals surface area contributed by atoms with E-state index in [9.17, 15) is 4.79 Å². The maximum Gasteiger partial charge on any atom is 0.277 e. The zero-order chi connectivity index (χ0) is 15.6. The fourth-order valence-corrected chi connectivity index (χ4v) is 2.41. The summed E-state index contributed by atoms with van der Waals surface area (Å²) in [5.74, 6) is 0.171. The first kappa shape index (κ1) is 13.2. The fraction of sp³-hybridized carbons (Fsp3) is 0. The Labute approximate surface area is 130 Å². The molecular formula is C16H12N6O. The van der Waals surface area contributed by atoms with Gasteiger partial charge in [0.05, 0.1) is 23.0 Å². The number of amides is 1. The molecule has 0 radical (unpaired) electrons. The normalized spacial score (nSPS) is 10.8. The van der Waals surface area contributed by atoms with Crippen LogP contribution in [-0.2, 0) is 0 Å². The van der Waals surface area contributed by atoms with Gasteiger partial charge in [-0.05, 0) is 18.2 Å². The molecule has 7 heteroatoms. The number of rotatable bonds is 3. The molecule has 112 valence electrons. The minimum Gasteiger partial charge on any atom is -0.305 e. The van der Waals surface area contributed by atoms with E-state index in [0.717, 1.165) is 22.2 Å². The van der Waals surface area contributed by atoms with Crippen LogP contribution in [0.25, 0.3) is 22.2 Å². The first-order valence-corrected chi connectivity index (χ1v) is 7.02. The van der Waals surface area contributed by atoms with E-state index in [4.69, 9.17) is 0 Å². The van der Waals surface area contributed by atoms with Crippen molar-refractivity contribution in [3.8, 4) is 11.3 Å². The van der Waals surface area contributed by atoms with Crippen LogP contribution in [0, 0.1) is 0 Å². The summed E-state index contributed by atoms with van der Waals surface area (Å²) in [6.07, 6.45) is 3.32. The Kier molecular flexibility index (Phi) is 3.09. The molecular weight excluding hydrogens is 292 g/mol.